The molecule has 2 aliphatic carbocycles. The lowest BCUT2D eigenvalue weighted by Gasteiger charge is -2.25. The Labute approximate surface area is 313 Å². The van der Waals surface area contributed by atoms with Gasteiger partial charge in [-0.25, -0.2) is 0 Å². The molecule has 2 heterocycles. The number of carbonyl (C=O) groups is 2. The number of hydrogen-bond acceptors (Lipinski definition) is 4. The zero-order valence-corrected chi connectivity index (χ0v) is 32.0. The number of benzene rings is 4. The molecule has 2 aliphatic rings. The van der Waals surface area contributed by atoms with Gasteiger partial charge in [0.2, 0.25) is 0 Å². The Morgan fingerprint density at radius 2 is 0.865 bits per heavy atom. The smallest absolute Gasteiger partial charge is 0.182 e. The van der Waals surface area contributed by atoms with Crippen molar-refractivity contribution in [2.75, 3.05) is 0 Å². The average Bonchev–Trinajstić information content (AvgIpc) is 3.74. The lowest BCUT2D eigenvalue weighted by atomic mass is 9.78. The SMILES string of the molecule is CC(C)(C)C1=C/C(=C(/c2cc3ccccc3s2)c2ccc(/C(=C3/C=CC(=O)C(C(C)(C)C)=C3)c3cc4ccccc4s3)c3ccccc23)C=CC1=O. The molecule has 0 radical (unpaired) electrons. The first-order chi connectivity index (χ1) is 24.9. The van der Waals surface area contributed by atoms with E-state index in [1.54, 1.807) is 34.8 Å². The first-order valence-electron chi connectivity index (χ1n) is 17.7. The molecule has 0 bridgehead atoms. The molecular formula is C48H40O2S2. The molecule has 52 heavy (non-hydrogen) atoms. The topological polar surface area (TPSA) is 34.1 Å². The third kappa shape index (κ3) is 6.10. The van der Waals surface area contributed by atoms with Gasteiger partial charge in [-0.1, -0.05) is 126 Å². The van der Waals surface area contributed by atoms with Crippen LogP contribution in [0.1, 0.15) is 62.4 Å². The van der Waals surface area contributed by atoms with Crippen LogP contribution in [0.25, 0.3) is 42.1 Å². The minimum absolute atomic E-state index is 0.0634. The molecule has 0 saturated carbocycles. The minimum Gasteiger partial charge on any atom is -0.290 e. The molecule has 0 saturated heterocycles. The predicted octanol–water partition coefficient (Wildman–Crippen LogP) is 13.1. The van der Waals surface area contributed by atoms with Crippen LogP contribution in [0.15, 0.2) is 156 Å². The van der Waals surface area contributed by atoms with Crippen LogP contribution in [-0.4, -0.2) is 11.6 Å². The second kappa shape index (κ2) is 12.8. The number of carbonyl (C=O) groups excluding carboxylic acids is 2. The molecule has 0 unspecified atom stereocenters. The van der Waals surface area contributed by atoms with E-state index in [0.717, 1.165) is 65.1 Å². The van der Waals surface area contributed by atoms with Crippen molar-refractivity contribution in [2.45, 2.75) is 41.5 Å². The van der Waals surface area contributed by atoms with Gasteiger partial charge in [0.1, 0.15) is 0 Å². The summed E-state index contributed by atoms with van der Waals surface area (Å²) in [7, 11) is 0. The van der Waals surface area contributed by atoms with Gasteiger partial charge >= 0.3 is 0 Å². The predicted molar refractivity (Wildman–Crippen MR) is 223 cm³/mol. The molecule has 0 fully saturated rings. The largest absolute Gasteiger partial charge is 0.290 e. The van der Waals surface area contributed by atoms with E-state index in [-0.39, 0.29) is 22.4 Å². The first kappa shape index (κ1) is 34.0. The summed E-state index contributed by atoms with van der Waals surface area (Å²) in [6.45, 7) is 12.6. The number of thiophene rings is 2. The van der Waals surface area contributed by atoms with Gasteiger partial charge in [-0.05, 0) is 103 Å². The molecular weight excluding hydrogens is 673 g/mol. The molecule has 6 aromatic rings. The molecule has 2 aromatic heterocycles. The van der Waals surface area contributed by atoms with Crippen LogP contribution in [0.5, 0.6) is 0 Å². The van der Waals surface area contributed by atoms with E-state index in [4.69, 9.17) is 0 Å². The number of allylic oxidation sites excluding steroid dienone is 10. The molecule has 2 nitrogen and oxygen atoms in total. The number of ketones is 2. The van der Waals surface area contributed by atoms with Crippen LogP contribution < -0.4 is 0 Å². The van der Waals surface area contributed by atoms with Gasteiger partial charge in [-0.15, -0.1) is 22.7 Å². The first-order valence-corrected chi connectivity index (χ1v) is 19.4. The third-order valence-electron chi connectivity index (χ3n) is 9.96. The van der Waals surface area contributed by atoms with E-state index >= 15 is 0 Å². The molecule has 4 heteroatoms. The Morgan fingerprint density at radius 3 is 1.25 bits per heavy atom. The highest BCUT2D eigenvalue weighted by Gasteiger charge is 2.29. The Morgan fingerprint density at radius 1 is 0.481 bits per heavy atom. The van der Waals surface area contributed by atoms with Crippen molar-refractivity contribution in [3.05, 3.63) is 177 Å². The summed E-state index contributed by atoms with van der Waals surface area (Å²) in [5, 5.41) is 4.67. The highest BCUT2D eigenvalue weighted by atomic mass is 32.1. The van der Waals surface area contributed by atoms with Crippen molar-refractivity contribution in [2.24, 2.45) is 10.8 Å². The summed E-state index contributed by atoms with van der Waals surface area (Å²) < 4.78 is 2.45. The second-order valence-electron chi connectivity index (χ2n) is 15.7. The fraction of sp³-hybridized carbons (Fsp3) is 0.167. The summed E-state index contributed by atoms with van der Waals surface area (Å²) >= 11 is 3.57. The lowest BCUT2D eigenvalue weighted by Crippen LogP contribution is -2.19. The van der Waals surface area contributed by atoms with Gasteiger partial charge in [-0.3, -0.25) is 9.59 Å². The monoisotopic (exact) mass is 712 g/mol. The Bertz CT molecular complexity index is 2410. The molecule has 0 amide bonds. The fourth-order valence-electron chi connectivity index (χ4n) is 7.35. The van der Waals surface area contributed by atoms with E-state index in [9.17, 15) is 9.59 Å². The fourth-order valence-corrected chi connectivity index (χ4v) is 9.64. The van der Waals surface area contributed by atoms with E-state index in [0.29, 0.717) is 0 Å². The molecule has 256 valence electrons. The lowest BCUT2D eigenvalue weighted by molar-refractivity contribution is -0.113. The normalized spacial score (nSPS) is 17.3. The summed E-state index contributed by atoms with van der Waals surface area (Å²) in [5.41, 5.74) is 7.53. The van der Waals surface area contributed by atoms with Crippen molar-refractivity contribution in [1.29, 1.82) is 0 Å². The van der Waals surface area contributed by atoms with Gasteiger partial charge in [0, 0.05) is 41.4 Å². The van der Waals surface area contributed by atoms with Gasteiger partial charge in [-0.2, -0.15) is 0 Å². The van der Waals surface area contributed by atoms with E-state index in [1.807, 2.05) is 12.2 Å². The van der Waals surface area contributed by atoms with E-state index in [2.05, 4.69) is 151 Å². The summed E-state index contributed by atoms with van der Waals surface area (Å²) in [6.07, 6.45) is 11.7. The van der Waals surface area contributed by atoms with Gasteiger partial charge in [0.15, 0.2) is 11.6 Å². The van der Waals surface area contributed by atoms with E-state index < -0.39 is 0 Å². The maximum atomic E-state index is 13.2. The van der Waals surface area contributed by atoms with Crippen molar-refractivity contribution in [3.63, 3.8) is 0 Å². The van der Waals surface area contributed by atoms with Gasteiger partial charge in [0.05, 0.1) is 0 Å². The van der Waals surface area contributed by atoms with Crippen molar-refractivity contribution >= 4 is 76.3 Å². The summed E-state index contributed by atoms with van der Waals surface area (Å²) in [6, 6.07) is 34.8. The van der Waals surface area contributed by atoms with Crippen molar-refractivity contribution in [1.82, 2.24) is 0 Å². The van der Waals surface area contributed by atoms with Crippen LogP contribution in [0.4, 0.5) is 0 Å². The second-order valence-corrected chi connectivity index (χ2v) is 17.8. The zero-order valence-electron chi connectivity index (χ0n) is 30.3. The Kier molecular flexibility index (Phi) is 8.36. The maximum absolute atomic E-state index is 13.2. The molecule has 0 N–H and O–H groups in total. The Hall–Kier alpha value is -5.16. The molecule has 0 aliphatic heterocycles. The zero-order chi connectivity index (χ0) is 36.4. The molecule has 0 spiro atoms. The van der Waals surface area contributed by atoms with Gasteiger partial charge < -0.3 is 0 Å². The minimum atomic E-state index is -0.302. The number of fused-ring (bicyclic) bond motifs is 3. The quantitative estimate of drug-likeness (QED) is 0.182. The maximum Gasteiger partial charge on any atom is 0.182 e. The average molecular weight is 713 g/mol. The number of rotatable bonds is 4. The van der Waals surface area contributed by atoms with Crippen LogP contribution in [0.2, 0.25) is 0 Å². The molecule has 8 rings (SSSR count). The van der Waals surface area contributed by atoms with Crippen LogP contribution in [0.3, 0.4) is 0 Å². The van der Waals surface area contributed by atoms with Crippen LogP contribution in [-0.2, 0) is 9.59 Å². The van der Waals surface area contributed by atoms with Crippen LogP contribution >= 0.6 is 22.7 Å². The Balaban J connectivity index is 1.44. The summed E-state index contributed by atoms with van der Waals surface area (Å²) in [4.78, 5) is 28.7. The highest BCUT2D eigenvalue weighted by Crippen LogP contribution is 2.46. The van der Waals surface area contributed by atoms with Crippen molar-refractivity contribution in [3.8, 4) is 0 Å². The van der Waals surface area contributed by atoms with Gasteiger partial charge in [0.25, 0.3) is 0 Å². The summed E-state index contributed by atoms with van der Waals surface area (Å²) in [5.74, 6) is 0.127. The third-order valence-corrected chi connectivity index (χ3v) is 12.2. The molecule has 4 aromatic carbocycles. The van der Waals surface area contributed by atoms with E-state index in [1.165, 1.54) is 20.2 Å². The van der Waals surface area contributed by atoms with Crippen molar-refractivity contribution < 1.29 is 9.59 Å². The standard InChI is InChI=1S/C48H40O2S2/c1-47(2,3)37-25-31(19-23-39(37)49)45(43-27-29-13-7-11-17-41(29)51-43)35-21-22-36(34-16-10-9-15-33(34)35)46(44-28-30-14-8-12-18-42(30)52-44)32-20-24-40(50)38(26-32)48(4,5)6/h7-28H,1-6H3/b45-31+,46-32+. The highest BCUT2D eigenvalue weighted by molar-refractivity contribution is 7.20. The van der Waals surface area contributed by atoms with Crippen LogP contribution in [0, 0.1) is 10.8 Å². The molecule has 0 atom stereocenters. The number of hydrogen-bond donors (Lipinski definition) is 0.